The van der Waals surface area contributed by atoms with Crippen molar-refractivity contribution in [2.24, 2.45) is 0 Å². The molecule has 0 unspecified atom stereocenters. The number of nitrogens with zero attached hydrogens (tertiary/aromatic N) is 2. The van der Waals surface area contributed by atoms with Gasteiger partial charge in [-0.05, 0) is 60.2 Å². The quantitative estimate of drug-likeness (QED) is 0.233. The van der Waals surface area contributed by atoms with Crippen LogP contribution < -0.4 is 20.3 Å². The molecule has 0 saturated heterocycles. The minimum atomic E-state index is -3.85. The van der Waals surface area contributed by atoms with E-state index in [9.17, 15) is 22.8 Å². The number of anilines is 4. The van der Waals surface area contributed by atoms with Crippen LogP contribution >= 0.6 is 0 Å². The Balaban J connectivity index is 1.52. The molecule has 0 saturated carbocycles. The highest BCUT2D eigenvalue weighted by atomic mass is 32.2. The Hall–Kier alpha value is -5.42. The van der Waals surface area contributed by atoms with Crippen molar-refractivity contribution < 1.29 is 22.8 Å². The molecule has 0 bridgehead atoms. The molecule has 11 heteroatoms. The topological polar surface area (TPSA) is 128 Å². The van der Waals surface area contributed by atoms with E-state index in [-0.39, 0.29) is 29.2 Å². The summed E-state index contributed by atoms with van der Waals surface area (Å²) in [5, 5.41) is 6.23. The number of likely N-dealkylation sites (N-methyl/N-ethyl adjacent to an activating group) is 1. The second kappa shape index (κ2) is 12.4. The Kier molecular flexibility index (Phi) is 8.50. The molecule has 10 nitrogen and oxygen atoms in total. The maximum atomic E-state index is 13.4. The van der Waals surface area contributed by atoms with Crippen LogP contribution in [0.5, 0.6) is 0 Å². The molecule has 224 valence electrons. The zero-order valence-corrected chi connectivity index (χ0v) is 25.2. The lowest BCUT2D eigenvalue weighted by Crippen LogP contribution is -2.39. The number of sulfonamides is 1. The molecule has 5 rings (SSSR count). The van der Waals surface area contributed by atoms with Crippen molar-refractivity contribution in [1.82, 2.24) is 4.90 Å². The SMILES string of the molecule is CC(=O)N(CC(=O)N(C)C)c1ccc(N/C(=C2\C(=O)Nc3ccc(NS(=O)(=O)c4ccccc4)cc32)c2ccccc2)cc1. The van der Waals surface area contributed by atoms with Gasteiger partial charge in [0.25, 0.3) is 15.9 Å². The van der Waals surface area contributed by atoms with Crippen molar-refractivity contribution >= 4 is 61.8 Å². The van der Waals surface area contributed by atoms with Crippen LogP contribution in [0.15, 0.2) is 108 Å². The molecule has 4 aromatic carbocycles. The highest BCUT2D eigenvalue weighted by molar-refractivity contribution is 7.92. The summed E-state index contributed by atoms with van der Waals surface area (Å²) in [5.41, 5.74) is 4.11. The van der Waals surface area contributed by atoms with Gasteiger partial charge in [0.05, 0.1) is 16.2 Å². The van der Waals surface area contributed by atoms with Gasteiger partial charge < -0.3 is 20.4 Å². The Morgan fingerprint density at radius 1 is 0.818 bits per heavy atom. The summed E-state index contributed by atoms with van der Waals surface area (Å²) in [4.78, 5) is 40.9. The molecule has 0 atom stereocenters. The Labute approximate surface area is 256 Å². The minimum Gasteiger partial charge on any atom is -0.354 e. The third kappa shape index (κ3) is 6.47. The van der Waals surface area contributed by atoms with E-state index in [0.29, 0.717) is 39.6 Å². The van der Waals surface area contributed by atoms with Crippen LogP contribution in [0.3, 0.4) is 0 Å². The molecule has 0 fully saturated rings. The van der Waals surface area contributed by atoms with Crippen LogP contribution in [0.4, 0.5) is 22.7 Å². The van der Waals surface area contributed by atoms with E-state index in [1.165, 1.54) is 28.9 Å². The number of benzene rings is 4. The molecule has 3 amide bonds. The van der Waals surface area contributed by atoms with Gasteiger partial charge in [-0.2, -0.15) is 0 Å². The lowest BCUT2D eigenvalue weighted by molar-refractivity contribution is -0.129. The van der Waals surface area contributed by atoms with Crippen LogP contribution in [-0.4, -0.2) is 51.7 Å². The van der Waals surface area contributed by atoms with E-state index in [4.69, 9.17) is 0 Å². The molecule has 0 spiro atoms. The molecule has 3 N–H and O–H groups in total. The first-order valence-electron chi connectivity index (χ1n) is 13.7. The standard InChI is InChI=1S/C33H31N5O5S/c1-22(39)38(21-30(40)37(2)3)26-17-14-24(15-18-26)34-32(23-10-6-4-7-11-23)31-28-20-25(16-19-29(28)35-33(31)41)36-44(42,43)27-12-8-5-9-13-27/h4-20,34,36H,21H2,1-3H3,(H,35,41)/b32-31-. The van der Waals surface area contributed by atoms with E-state index >= 15 is 0 Å². The van der Waals surface area contributed by atoms with Crippen molar-refractivity contribution in [2.75, 3.05) is 40.9 Å². The summed E-state index contributed by atoms with van der Waals surface area (Å²) in [6.07, 6.45) is 0. The van der Waals surface area contributed by atoms with Crippen LogP contribution in [0.25, 0.3) is 11.3 Å². The molecule has 1 aliphatic rings. The first kappa shape index (κ1) is 30.1. The smallest absolute Gasteiger partial charge is 0.261 e. The second-order valence-electron chi connectivity index (χ2n) is 10.3. The lowest BCUT2D eigenvalue weighted by Gasteiger charge is -2.23. The van der Waals surface area contributed by atoms with Gasteiger partial charge in [0.1, 0.15) is 6.54 Å². The number of hydrogen-bond acceptors (Lipinski definition) is 6. The fourth-order valence-corrected chi connectivity index (χ4v) is 5.78. The summed E-state index contributed by atoms with van der Waals surface area (Å²) in [6.45, 7) is 1.30. The normalized spacial score (nSPS) is 13.4. The Morgan fingerprint density at radius 3 is 2.05 bits per heavy atom. The van der Waals surface area contributed by atoms with Gasteiger partial charge in [0.2, 0.25) is 11.8 Å². The third-order valence-corrected chi connectivity index (χ3v) is 8.40. The zero-order chi connectivity index (χ0) is 31.4. The van der Waals surface area contributed by atoms with Crippen LogP contribution in [0.1, 0.15) is 18.1 Å². The van der Waals surface area contributed by atoms with Crippen molar-refractivity contribution in [2.45, 2.75) is 11.8 Å². The van der Waals surface area contributed by atoms with Gasteiger partial charge in [-0.3, -0.25) is 19.1 Å². The Morgan fingerprint density at radius 2 is 1.43 bits per heavy atom. The van der Waals surface area contributed by atoms with Crippen molar-refractivity contribution in [1.29, 1.82) is 0 Å². The van der Waals surface area contributed by atoms with Crippen molar-refractivity contribution in [3.8, 4) is 0 Å². The highest BCUT2D eigenvalue weighted by Crippen LogP contribution is 2.39. The molecule has 1 aliphatic heterocycles. The fourth-order valence-electron chi connectivity index (χ4n) is 4.71. The van der Waals surface area contributed by atoms with E-state index < -0.39 is 10.0 Å². The Bertz CT molecular complexity index is 1860. The number of amides is 3. The van der Waals surface area contributed by atoms with Gasteiger partial charge in [-0.25, -0.2) is 8.42 Å². The van der Waals surface area contributed by atoms with Gasteiger partial charge in [-0.15, -0.1) is 0 Å². The molecular formula is C33H31N5O5S. The predicted molar refractivity (Wildman–Crippen MR) is 172 cm³/mol. The highest BCUT2D eigenvalue weighted by Gasteiger charge is 2.29. The van der Waals surface area contributed by atoms with E-state index in [1.54, 1.807) is 74.8 Å². The summed E-state index contributed by atoms with van der Waals surface area (Å²) in [5.74, 6) is -0.836. The van der Waals surface area contributed by atoms with Crippen molar-refractivity contribution in [3.05, 3.63) is 114 Å². The zero-order valence-electron chi connectivity index (χ0n) is 24.4. The first-order chi connectivity index (χ1) is 21.0. The molecule has 44 heavy (non-hydrogen) atoms. The summed E-state index contributed by atoms with van der Waals surface area (Å²) >= 11 is 0. The molecule has 0 radical (unpaired) electrons. The summed E-state index contributed by atoms with van der Waals surface area (Å²) in [6, 6.07) is 29.2. The summed E-state index contributed by atoms with van der Waals surface area (Å²) < 4.78 is 28.6. The van der Waals surface area contributed by atoms with Gasteiger partial charge in [-0.1, -0.05) is 48.5 Å². The average Bonchev–Trinajstić information content (AvgIpc) is 3.34. The van der Waals surface area contributed by atoms with Gasteiger partial charge in [0.15, 0.2) is 0 Å². The number of carbonyl (C=O) groups excluding carboxylic acids is 3. The summed E-state index contributed by atoms with van der Waals surface area (Å²) in [7, 11) is -0.592. The number of fused-ring (bicyclic) bond motifs is 1. The monoisotopic (exact) mass is 609 g/mol. The molecule has 0 aromatic heterocycles. The van der Waals surface area contributed by atoms with E-state index in [2.05, 4.69) is 15.4 Å². The maximum Gasteiger partial charge on any atom is 0.261 e. The predicted octanol–water partition coefficient (Wildman–Crippen LogP) is 4.86. The van der Waals surface area contributed by atoms with Gasteiger partial charge >= 0.3 is 0 Å². The number of rotatable bonds is 9. The number of hydrogen-bond donors (Lipinski definition) is 3. The second-order valence-corrected chi connectivity index (χ2v) is 12.0. The fraction of sp³-hybridized carbons (Fsp3) is 0.121. The van der Waals surface area contributed by atoms with Crippen molar-refractivity contribution in [3.63, 3.8) is 0 Å². The maximum absolute atomic E-state index is 13.4. The third-order valence-electron chi connectivity index (χ3n) is 7.00. The lowest BCUT2D eigenvalue weighted by atomic mass is 9.99. The van der Waals surface area contributed by atoms with Crippen LogP contribution in [0, 0.1) is 0 Å². The average molecular weight is 610 g/mol. The molecule has 1 heterocycles. The van der Waals surface area contributed by atoms with Crippen LogP contribution in [0.2, 0.25) is 0 Å². The van der Waals surface area contributed by atoms with Crippen LogP contribution in [-0.2, 0) is 24.4 Å². The van der Waals surface area contributed by atoms with Gasteiger partial charge in [0, 0.05) is 49.3 Å². The number of carbonyl (C=O) groups is 3. The number of nitrogens with one attached hydrogen (secondary N) is 3. The molecular weight excluding hydrogens is 578 g/mol. The molecule has 0 aliphatic carbocycles. The molecule has 4 aromatic rings. The largest absolute Gasteiger partial charge is 0.354 e. The van der Waals surface area contributed by atoms with E-state index in [1.807, 2.05) is 30.3 Å². The first-order valence-corrected chi connectivity index (χ1v) is 15.2. The minimum absolute atomic E-state index is 0.0955. The van der Waals surface area contributed by atoms with E-state index in [0.717, 1.165) is 5.56 Å².